The van der Waals surface area contributed by atoms with Gasteiger partial charge in [0.2, 0.25) is 5.91 Å². The van der Waals surface area contributed by atoms with Crippen molar-refractivity contribution >= 4 is 11.8 Å². The van der Waals surface area contributed by atoms with Crippen LogP contribution in [-0.2, 0) is 9.59 Å². The molecule has 0 saturated carbocycles. The minimum Gasteiger partial charge on any atom is -0.320 e. The van der Waals surface area contributed by atoms with Gasteiger partial charge in [-0.2, -0.15) is 0 Å². The molecule has 0 aromatic carbocycles. The summed E-state index contributed by atoms with van der Waals surface area (Å²) in [6.07, 6.45) is 1.60. The lowest BCUT2D eigenvalue weighted by Gasteiger charge is -2.22. The highest BCUT2D eigenvalue weighted by atomic mass is 16.5. The molecule has 13 heavy (non-hydrogen) atoms. The van der Waals surface area contributed by atoms with Gasteiger partial charge >= 0.3 is 0 Å². The van der Waals surface area contributed by atoms with Crippen LogP contribution < -0.4 is 5.32 Å². The van der Waals surface area contributed by atoms with E-state index in [-0.39, 0.29) is 24.1 Å². The molecule has 1 saturated heterocycles. The van der Waals surface area contributed by atoms with Gasteiger partial charge < -0.3 is 5.32 Å². The molecule has 0 unspecified atom stereocenters. The van der Waals surface area contributed by atoms with Crippen LogP contribution in [0.25, 0.3) is 0 Å². The van der Waals surface area contributed by atoms with Crippen molar-refractivity contribution in [2.75, 3.05) is 6.54 Å². The minimum absolute atomic E-state index is 0.144. The summed E-state index contributed by atoms with van der Waals surface area (Å²) < 4.78 is 0. The van der Waals surface area contributed by atoms with Gasteiger partial charge in [0.1, 0.15) is 12.2 Å². The summed E-state index contributed by atoms with van der Waals surface area (Å²) in [4.78, 5) is 22.1. The maximum Gasteiger partial charge on any atom is 0.293 e. The van der Waals surface area contributed by atoms with Crippen molar-refractivity contribution in [1.82, 2.24) is 10.4 Å². The van der Waals surface area contributed by atoms with Crippen molar-refractivity contribution in [2.45, 2.75) is 13.8 Å². The van der Waals surface area contributed by atoms with E-state index in [1.807, 2.05) is 13.8 Å². The number of hydroxylamine groups is 2. The van der Waals surface area contributed by atoms with E-state index in [0.29, 0.717) is 5.06 Å². The van der Waals surface area contributed by atoms with Crippen molar-refractivity contribution in [3.05, 3.63) is 11.8 Å². The highest BCUT2D eigenvalue weighted by Gasteiger charge is 2.26. The summed E-state index contributed by atoms with van der Waals surface area (Å²) >= 11 is 0. The Hall–Kier alpha value is -1.36. The predicted molar refractivity (Wildman–Crippen MR) is 44.6 cm³/mol. The Bertz CT molecular complexity index is 271. The molecule has 1 rings (SSSR count). The molecule has 0 bridgehead atoms. The van der Waals surface area contributed by atoms with Gasteiger partial charge in [0.05, 0.1) is 0 Å². The number of nitrogens with one attached hydrogen (secondary N) is 1. The minimum atomic E-state index is -0.562. The van der Waals surface area contributed by atoms with E-state index < -0.39 is 5.91 Å². The summed E-state index contributed by atoms with van der Waals surface area (Å²) in [6, 6.07) is 0. The maximum atomic E-state index is 11.2. The average molecular weight is 184 g/mol. The Labute approximate surface area is 76.0 Å². The SMILES string of the molecule is CC(C)/C=C1/NC(=O)CN(O)C1=O. The second-order valence-electron chi connectivity index (χ2n) is 3.24. The van der Waals surface area contributed by atoms with Crippen LogP contribution in [0.2, 0.25) is 0 Å². The number of carbonyl (C=O) groups is 2. The predicted octanol–water partition coefficient (Wildman–Crippen LogP) is -0.126. The van der Waals surface area contributed by atoms with Gasteiger partial charge in [-0.05, 0) is 5.92 Å². The van der Waals surface area contributed by atoms with Crippen LogP contribution in [0.3, 0.4) is 0 Å². The monoisotopic (exact) mass is 184 g/mol. The number of nitrogens with zero attached hydrogens (tertiary/aromatic N) is 1. The van der Waals surface area contributed by atoms with Crippen LogP contribution in [0.5, 0.6) is 0 Å². The van der Waals surface area contributed by atoms with E-state index in [0.717, 1.165) is 0 Å². The van der Waals surface area contributed by atoms with E-state index >= 15 is 0 Å². The molecule has 0 aromatic heterocycles. The standard InChI is InChI=1S/C8H12N2O3/c1-5(2)3-6-8(12)10(13)4-7(11)9-6/h3,5,13H,4H2,1-2H3,(H,9,11)/b6-3+. The van der Waals surface area contributed by atoms with Gasteiger partial charge in [0, 0.05) is 0 Å². The summed E-state index contributed by atoms with van der Waals surface area (Å²) in [5.41, 5.74) is 0.147. The summed E-state index contributed by atoms with van der Waals surface area (Å²) in [7, 11) is 0. The molecule has 1 aliphatic heterocycles. The van der Waals surface area contributed by atoms with Gasteiger partial charge in [0.25, 0.3) is 5.91 Å². The first-order valence-electron chi connectivity index (χ1n) is 4.03. The first-order chi connectivity index (χ1) is 6.00. The van der Waals surface area contributed by atoms with E-state index in [4.69, 9.17) is 5.21 Å². The Morgan fingerprint density at radius 2 is 2.15 bits per heavy atom. The Balaban J connectivity index is 2.84. The fraction of sp³-hybridized carbons (Fsp3) is 0.500. The van der Waals surface area contributed by atoms with Crippen LogP contribution in [0, 0.1) is 5.92 Å². The first kappa shape index (κ1) is 9.73. The number of hydrogen-bond donors (Lipinski definition) is 2. The van der Waals surface area contributed by atoms with E-state index in [9.17, 15) is 9.59 Å². The van der Waals surface area contributed by atoms with E-state index in [2.05, 4.69) is 5.32 Å². The van der Waals surface area contributed by atoms with Gasteiger partial charge in [-0.3, -0.25) is 14.8 Å². The summed E-state index contributed by atoms with van der Waals surface area (Å²) in [5.74, 6) is -0.798. The second kappa shape index (κ2) is 3.57. The molecule has 0 radical (unpaired) electrons. The molecule has 0 aromatic rings. The molecule has 1 aliphatic rings. The van der Waals surface area contributed by atoms with E-state index in [1.165, 1.54) is 0 Å². The van der Waals surface area contributed by atoms with Crippen LogP contribution in [0.4, 0.5) is 0 Å². The third-order valence-electron chi connectivity index (χ3n) is 1.53. The quantitative estimate of drug-likeness (QED) is 0.440. The Kier molecular flexibility index (Phi) is 2.67. The lowest BCUT2D eigenvalue weighted by Crippen LogP contribution is -2.48. The molecule has 5 nitrogen and oxygen atoms in total. The normalized spacial score (nSPS) is 21.2. The van der Waals surface area contributed by atoms with E-state index in [1.54, 1.807) is 6.08 Å². The average Bonchev–Trinajstić information content (AvgIpc) is 1.98. The van der Waals surface area contributed by atoms with Crippen LogP contribution in [0.1, 0.15) is 13.8 Å². The van der Waals surface area contributed by atoms with Gasteiger partial charge in [-0.25, -0.2) is 5.06 Å². The number of allylic oxidation sites excluding steroid dienone is 1. The number of amides is 2. The van der Waals surface area contributed by atoms with Gasteiger partial charge in [-0.15, -0.1) is 0 Å². The second-order valence-corrected chi connectivity index (χ2v) is 3.24. The zero-order valence-corrected chi connectivity index (χ0v) is 7.57. The fourth-order valence-corrected chi connectivity index (χ4v) is 1.04. The number of carbonyl (C=O) groups excluding carboxylic acids is 2. The largest absolute Gasteiger partial charge is 0.320 e. The zero-order chi connectivity index (χ0) is 10.0. The molecule has 0 aliphatic carbocycles. The van der Waals surface area contributed by atoms with Crippen LogP contribution in [0.15, 0.2) is 11.8 Å². The Morgan fingerprint density at radius 3 is 2.69 bits per heavy atom. The molecule has 0 spiro atoms. The highest BCUT2D eigenvalue weighted by molar-refractivity contribution is 6.02. The number of hydrogen-bond acceptors (Lipinski definition) is 3. The third kappa shape index (κ3) is 2.29. The lowest BCUT2D eigenvalue weighted by atomic mass is 10.1. The first-order valence-corrected chi connectivity index (χ1v) is 4.03. The molecule has 1 heterocycles. The lowest BCUT2D eigenvalue weighted by molar-refractivity contribution is -0.169. The molecule has 2 N–H and O–H groups in total. The molecule has 2 amide bonds. The highest BCUT2D eigenvalue weighted by Crippen LogP contribution is 2.06. The van der Waals surface area contributed by atoms with Gasteiger partial charge in [0.15, 0.2) is 0 Å². The smallest absolute Gasteiger partial charge is 0.293 e. The van der Waals surface area contributed by atoms with Gasteiger partial charge in [-0.1, -0.05) is 19.9 Å². The Morgan fingerprint density at radius 1 is 1.54 bits per heavy atom. The topological polar surface area (TPSA) is 69.6 Å². The third-order valence-corrected chi connectivity index (χ3v) is 1.53. The van der Waals surface area contributed by atoms with Crippen molar-refractivity contribution in [2.24, 2.45) is 5.92 Å². The summed E-state index contributed by atoms with van der Waals surface area (Å²) in [5, 5.41) is 11.8. The van der Waals surface area contributed by atoms with Crippen molar-refractivity contribution < 1.29 is 14.8 Å². The molecular formula is C8H12N2O3. The molecule has 5 heteroatoms. The fourth-order valence-electron chi connectivity index (χ4n) is 1.04. The van der Waals surface area contributed by atoms with Crippen molar-refractivity contribution in [1.29, 1.82) is 0 Å². The summed E-state index contributed by atoms with van der Waals surface area (Å²) in [6.45, 7) is 3.46. The molecule has 1 fully saturated rings. The maximum absolute atomic E-state index is 11.2. The molecular weight excluding hydrogens is 172 g/mol. The number of rotatable bonds is 1. The van der Waals surface area contributed by atoms with Crippen molar-refractivity contribution in [3.63, 3.8) is 0 Å². The van der Waals surface area contributed by atoms with Crippen LogP contribution >= 0.6 is 0 Å². The van der Waals surface area contributed by atoms with Crippen LogP contribution in [-0.4, -0.2) is 28.6 Å². The number of piperazine rings is 1. The zero-order valence-electron chi connectivity index (χ0n) is 7.57. The van der Waals surface area contributed by atoms with Crippen molar-refractivity contribution in [3.8, 4) is 0 Å². The molecule has 0 atom stereocenters. The molecule has 72 valence electrons.